The number of hydrogen-bond donors (Lipinski definition) is 2. The Kier molecular flexibility index (Phi) is 6.47. The number of rotatable bonds is 9. The molecule has 2 unspecified atom stereocenters. The van der Waals surface area contributed by atoms with E-state index in [9.17, 15) is 14.0 Å². The predicted octanol–water partition coefficient (Wildman–Crippen LogP) is 2.28. The Bertz CT molecular complexity index is 825. The molecule has 0 spiro atoms. The number of nitrogens with one attached hydrogen (secondary N) is 2. The fourth-order valence-corrected chi connectivity index (χ4v) is 2.88. The van der Waals surface area contributed by atoms with Crippen molar-refractivity contribution < 1.29 is 23.5 Å². The number of ether oxygens (including phenoxy) is 2. The molecule has 6 nitrogen and oxygen atoms in total. The smallest absolute Gasteiger partial charge is 0.224 e. The summed E-state index contributed by atoms with van der Waals surface area (Å²) >= 11 is 0. The standard InChI is InChI=1S/C21H23FN2O4/c1-27-15-6-8-16(9-7-15)28-11-10-23-20(25)17-12-18(17)21(26)24-13-14-4-2-3-5-19(14)22/h2-9,17-18H,10-13H2,1H3,(H,23,25)(H,24,26). The van der Waals surface area contributed by atoms with Gasteiger partial charge < -0.3 is 20.1 Å². The monoisotopic (exact) mass is 386 g/mol. The third-order valence-electron chi connectivity index (χ3n) is 4.60. The summed E-state index contributed by atoms with van der Waals surface area (Å²) in [7, 11) is 1.59. The van der Waals surface area contributed by atoms with Crippen LogP contribution >= 0.6 is 0 Å². The highest BCUT2D eigenvalue weighted by Crippen LogP contribution is 2.38. The van der Waals surface area contributed by atoms with Gasteiger partial charge in [-0.15, -0.1) is 0 Å². The summed E-state index contributed by atoms with van der Waals surface area (Å²) in [5, 5.41) is 5.47. The molecule has 0 radical (unpaired) electrons. The molecule has 7 heteroatoms. The van der Waals surface area contributed by atoms with Crippen molar-refractivity contribution in [1.29, 1.82) is 0 Å². The average molecular weight is 386 g/mol. The van der Waals surface area contributed by atoms with Crippen molar-refractivity contribution >= 4 is 11.8 Å². The molecule has 148 valence electrons. The maximum absolute atomic E-state index is 13.6. The minimum Gasteiger partial charge on any atom is -0.497 e. The van der Waals surface area contributed by atoms with Crippen molar-refractivity contribution in [1.82, 2.24) is 10.6 Å². The van der Waals surface area contributed by atoms with Gasteiger partial charge >= 0.3 is 0 Å². The van der Waals surface area contributed by atoms with Crippen LogP contribution in [0.25, 0.3) is 0 Å². The van der Waals surface area contributed by atoms with Gasteiger partial charge in [0.2, 0.25) is 11.8 Å². The molecule has 1 aliphatic carbocycles. The molecule has 1 fully saturated rings. The van der Waals surface area contributed by atoms with E-state index >= 15 is 0 Å². The number of benzene rings is 2. The summed E-state index contributed by atoms with van der Waals surface area (Å²) in [4.78, 5) is 24.2. The van der Waals surface area contributed by atoms with Gasteiger partial charge in [0.15, 0.2) is 0 Å². The first kappa shape index (κ1) is 19.7. The van der Waals surface area contributed by atoms with Crippen LogP contribution in [0.1, 0.15) is 12.0 Å². The third kappa shape index (κ3) is 5.22. The summed E-state index contributed by atoms with van der Waals surface area (Å²) in [6.07, 6.45) is 0.508. The lowest BCUT2D eigenvalue weighted by molar-refractivity contribution is -0.127. The van der Waals surface area contributed by atoms with E-state index < -0.39 is 0 Å². The number of methoxy groups -OCH3 is 1. The van der Waals surface area contributed by atoms with Gasteiger partial charge in [0, 0.05) is 12.1 Å². The molecule has 0 bridgehead atoms. The lowest BCUT2D eigenvalue weighted by atomic mass is 10.2. The SMILES string of the molecule is COc1ccc(OCCNC(=O)C2CC2C(=O)NCc2ccccc2F)cc1. The number of hydrogen-bond acceptors (Lipinski definition) is 4. The first-order valence-electron chi connectivity index (χ1n) is 9.14. The van der Waals surface area contributed by atoms with Gasteiger partial charge in [0.05, 0.1) is 25.5 Å². The Balaban J connectivity index is 1.33. The first-order chi connectivity index (χ1) is 13.6. The van der Waals surface area contributed by atoms with Crippen LogP contribution in [0.4, 0.5) is 4.39 Å². The van der Waals surface area contributed by atoms with Crippen LogP contribution in [-0.2, 0) is 16.1 Å². The van der Waals surface area contributed by atoms with Crippen molar-refractivity contribution in [2.75, 3.05) is 20.3 Å². The van der Waals surface area contributed by atoms with Gasteiger partial charge in [-0.1, -0.05) is 18.2 Å². The zero-order valence-electron chi connectivity index (χ0n) is 15.6. The van der Waals surface area contributed by atoms with Crippen LogP contribution in [0.3, 0.4) is 0 Å². The van der Waals surface area contributed by atoms with Crippen LogP contribution in [0.15, 0.2) is 48.5 Å². The highest BCUT2D eigenvalue weighted by atomic mass is 19.1. The van der Waals surface area contributed by atoms with Gasteiger partial charge in [0.1, 0.15) is 23.9 Å². The van der Waals surface area contributed by atoms with Crippen LogP contribution in [0, 0.1) is 17.7 Å². The molecule has 2 N–H and O–H groups in total. The Morgan fingerprint density at radius 1 is 1.00 bits per heavy atom. The quantitative estimate of drug-likeness (QED) is 0.649. The molecule has 0 saturated heterocycles. The number of carbonyl (C=O) groups excluding carboxylic acids is 2. The lowest BCUT2D eigenvalue weighted by Gasteiger charge is -2.09. The molecule has 2 aromatic rings. The number of carbonyl (C=O) groups is 2. The minimum atomic E-state index is -0.357. The second-order valence-corrected chi connectivity index (χ2v) is 6.57. The molecular weight excluding hydrogens is 363 g/mol. The zero-order valence-corrected chi connectivity index (χ0v) is 15.6. The summed E-state index contributed by atoms with van der Waals surface area (Å²) in [6, 6.07) is 13.4. The van der Waals surface area contributed by atoms with Gasteiger partial charge in [-0.25, -0.2) is 4.39 Å². The Hall–Kier alpha value is -3.09. The summed E-state index contributed by atoms with van der Waals surface area (Å²) in [5.41, 5.74) is 0.424. The number of halogens is 1. The molecule has 0 aliphatic heterocycles. The fourth-order valence-electron chi connectivity index (χ4n) is 2.88. The highest BCUT2D eigenvalue weighted by molar-refractivity contribution is 5.92. The molecule has 1 saturated carbocycles. The highest BCUT2D eigenvalue weighted by Gasteiger charge is 2.47. The van der Waals surface area contributed by atoms with Crippen LogP contribution in [0.2, 0.25) is 0 Å². The van der Waals surface area contributed by atoms with Crippen molar-refractivity contribution in [2.45, 2.75) is 13.0 Å². The van der Waals surface area contributed by atoms with E-state index in [-0.39, 0.29) is 36.0 Å². The molecule has 1 aliphatic rings. The van der Waals surface area contributed by atoms with Crippen molar-refractivity contribution in [3.8, 4) is 11.5 Å². The van der Waals surface area contributed by atoms with E-state index in [0.29, 0.717) is 30.9 Å². The van der Waals surface area contributed by atoms with E-state index in [2.05, 4.69) is 10.6 Å². The second kappa shape index (κ2) is 9.21. The topological polar surface area (TPSA) is 76.7 Å². The first-order valence-corrected chi connectivity index (χ1v) is 9.14. The molecule has 3 rings (SSSR count). The molecular formula is C21H23FN2O4. The van der Waals surface area contributed by atoms with E-state index in [1.165, 1.54) is 6.07 Å². The summed E-state index contributed by atoms with van der Waals surface area (Å²) in [6.45, 7) is 0.798. The molecule has 2 amide bonds. The van der Waals surface area contributed by atoms with Gasteiger partial charge in [0.25, 0.3) is 0 Å². The van der Waals surface area contributed by atoms with Gasteiger partial charge in [-0.3, -0.25) is 9.59 Å². The Morgan fingerprint density at radius 3 is 2.32 bits per heavy atom. The largest absolute Gasteiger partial charge is 0.497 e. The van der Waals surface area contributed by atoms with E-state index in [1.54, 1.807) is 49.6 Å². The summed E-state index contributed by atoms with van der Waals surface area (Å²) in [5.74, 6) is 0.00321. The average Bonchev–Trinajstić information content (AvgIpc) is 3.52. The van der Waals surface area contributed by atoms with Crippen molar-refractivity contribution in [3.05, 3.63) is 59.9 Å². The fraction of sp³-hybridized carbons (Fsp3) is 0.333. The van der Waals surface area contributed by atoms with Crippen molar-refractivity contribution in [3.63, 3.8) is 0 Å². The van der Waals surface area contributed by atoms with E-state index in [4.69, 9.17) is 9.47 Å². The Labute approximate surface area is 163 Å². The Morgan fingerprint density at radius 2 is 1.64 bits per heavy atom. The van der Waals surface area contributed by atoms with Crippen molar-refractivity contribution in [2.24, 2.45) is 11.8 Å². The molecule has 2 atom stereocenters. The molecule has 2 aromatic carbocycles. The van der Waals surface area contributed by atoms with E-state index in [0.717, 1.165) is 5.75 Å². The summed E-state index contributed by atoms with van der Waals surface area (Å²) < 4.78 is 24.2. The van der Waals surface area contributed by atoms with Gasteiger partial charge in [-0.05, 0) is 36.8 Å². The zero-order chi connectivity index (χ0) is 19.9. The molecule has 0 heterocycles. The van der Waals surface area contributed by atoms with E-state index in [1.807, 2.05) is 0 Å². The lowest BCUT2D eigenvalue weighted by Crippen LogP contribution is -2.32. The van der Waals surface area contributed by atoms with Crippen LogP contribution in [0.5, 0.6) is 11.5 Å². The number of amides is 2. The van der Waals surface area contributed by atoms with Gasteiger partial charge in [-0.2, -0.15) is 0 Å². The second-order valence-electron chi connectivity index (χ2n) is 6.57. The molecule has 28 heavy (non-hydrogen) atoms. The van der Waals surface area contributed by atoms with Crippen LogP contribution in [-0.4, -0.2) is 32.1 Å². The maximum Gasteiger partial charge on any atom is 0.224 e. The predicted molar refractivity (Wildman–Crippen MR) is 101 cm³/mol. The normalized spacial score (nSPS) is 17.5. The van der Waals surface area contributed by atoms with Crippen LogP contribution < -0.4 is 20.1 Å². The maximum atomic E-state index is 13.6. The minimum absolute atomic E-state index is 0.117. The third-order valence-corrected chi connectivity index (χ3v) is 4.60. The molecule has 0 aromatic heterocycles.